The first kappa shape index (κ1) is 18.0. The number of halogens is 1. The molecule has 1 heterocycles. The number of aromatic nitrogens is 2. The van der Waals surface area contributed by atoms with Crippen molar-refractivity contribution in [3.05, 3.63) is 46.2 Å². The zero-order chi connectivity index (χ0) is 18.0. The summed E-state index contributed by atoms with van der Waals surface area (Å²) in [6.07, 6.45) is 2.97. The molecule has 1 saturated carbocycles. The number of benzene rings is 1. The third-order valence-electron chi connectivity index (χ3n) is 4.45. The van der Waals surface area contributed by atoms with Crippen LogP contribution in [0.1, 0.15) is 47.4 Å². The number of hydrogen-bond acceptors (Lipinski definition) is 3. The molecular weight excluding hydrogens is 336 g/mol. The van der Waals surface area contributed by atoms with E-state index in [4.69, 9.17) is 16.7 Å². The van der Waals surface area contributed by atoms with Gasteiger partial charge in [-0.25, -0.2) is 4.68 Å². The van der Waals surface area contributed by atoms with Gasteiger partial charge in [0.25, 0.3) is 5.91 Å². The van der Waals surface area contributed by atoms with Crippen molar-refractivity contribution in [2.45, 2.75) is 32.1 Å². The lowest BCUT2D eigenvalue weighted by atomic mass is 10.1. The number of hydrogen-bond donors (Lipinski definition) is 1. The van der Waals surface area contributed by atoms with E-state index in [1.165, 1.54) is 0 Å². The van der Waals surface area contributed by atoms with E-state index in [1.54, 1.807) is 0 Å². The molecule has 0 bridgehead atoms. The van der Waals surface area contributed by atoms with Crippen molar-refractivity contribution < 1.29 is 4.79 Å². The quantitative estimate of drug-likeness (QED) is 0.824. The van der Waals surface area contributed by atoms with Crippen molar-refractivity contribution in [1.29, 1.82) is 0 Å². The molecule has 1 aromatic carbocycles. The Morgan fingerprint density at radius 1 is 1.32 bits per heavy atom. The molecule has 0 saturated heterocycles. The highest BCUT2D eigenvalue weighted by molar-refractivity contribution is 6.30. The van der Waals surface area contributed by atoms with Crippen molar-refractivity contribution in [2.75, 3.05) is 27.2 Å². The summed E-state index contributed by atoms with van der Waals surface area (Å²) in [5.74, 6) is 0.397. The van der Waals surface area contributed by atoms with E-state index in [1.807, 2.05) is 43.0 Å². The smallest absolute Gasteiger partial charge is 0.255 e. The minimum atomic E-state index is -0.0131. The third-order valence-corrected chi connectivity index (χ3v) is 4.70. The molecule has 0 aliphatic heterocycles. The maximum absolute atomic E-state index is 12.9. The van der Waals surface area contributed by atoms with Crippen LogP contribution < -0.4 is 5.32 Å². The Bertz CT molecular complexity index is 748. The van der Waals surface area contributed by atoms with Gasteiger partial charge in [-0.2, -0.15) is 5.10 Å². The standard InChI is InChI=1S/C19H25ClN4O/c1-4-16-17(19(25)21-11-12-23(2)3)18(13-5-6-13)22-24(16)15-9-7-14(20)8-10-15/h7-10,13H,4-6,11-12H2,1-3H3,(H,21,25). The van der Waals surface area contributed by atoms with Crippen LogP contribution in [-0.2, 0) is 6.42 Å². The molecule has 2 aromatic rings. The van der Waals surface area contributed by atoms with Crippen LogP contribution in [0.25, 0.3) is 5.69 Å². The van der Waals surface area contributed by atoms with Crippen LogP contribution in [0.15, 0.2) is 24.3 Å². The van der Waals surface area contributed by atoms with Crippen LogP contribution in [0.3, 0.4) is 0 Å². The molecule has 25 heavy (non-hydrogen) atoms. The van der Waals surface area contributed by atoms with Gasteiger partial charge in [0.2, 0.25) is 0 Å². The van der Waals surface area contributed by atoms with Gasteiger partial charge in [0, 0.05) is 24.0 Å². The molecule has 1 fully saturated rings. The Morgan fingerprint density at radius 2 is 2.00 bits per heavy atom. The van der Waals surface area contributed by atoms with Crippen LogP contribution in [-0.4, -0.2) is 47.8 Å². The van der Waals surface area contributed by atoms with Gasteiger partial charge < -0.3 is 10.2 Å². The zero-order valence-corrected chi connectivity index (χ0v) is 15.8. The molecule has 0 radical (unpaired) electrons. The van der Waals surface area contributed by atoms with E-state index in [2.05, 4.69) is 17.1 Å². The molecule has 0 unspecified atom stereocenters. The summed E-state index contributed by atoms with van der Waals surface area (Å²) < 4.78 is 1.91. The molecule has 1 N–H and O–H groups in total. The molecular formula is C19H25ClN4O. The summed E-state index contributed by atoms with van der Waals surface area (Å²) >= 11 is 6.01. The molecule has 1 aliphatic rings. The largest absolute Gasteiger partial charge is 0.351 e. The predicted octanol–water partition coefficient (Wildman–Crippen LogP) is 3.26. The summed E-state index contributed by atoms with van der Waals surface area (Å²) in [4.78, 5) is 14.9. The second-order valence-corrected chi connectivity index (χ2v) is 7.22. The molecule has 5 nitrogen and oxygen atoms in total. The number of carbonyl (C=O) groups excluding carboxylic acids is 1. The monoisotopic (exact) mass is 360 g/mol. The van der Waals surface area contributed by atoms with E-state index in [0.717, 1.165) is 48.4 Å². The topological polar surface area (TPSA) is 50.2 Å². The average Bonchev–Trinajstić information content (AvgIpc) is 3.35. The summed E-state index contributed by atoms with van der Waals surface area (Å²) in [7, 11) is 4.00. The number of rotatable bonds is 7. The van der Waals surface area contributed by atoms with Gasteiger partial charge in [0.1, 0.15) is 0 Å². The van der Waals surface area contributed by atoms with Gasteiger partial charge in [0.05, 0.1) is 22.6 Å². The highest BCUT2D eigenvalue weighted by Gasteiger charge is 2.34. The Kier molecular flexibility index (Phi) is 5.45. The summed E-state index contributed by atoms with van der Waals surface area (Å²) in [5, 5.41) is 8.55. The highest BCUT2D eigenvalue weighted by Crippen LogP contribution is 2.42. The molecule has 0 atom stereocenters. The van der Waals surface area contributed by atoms with Crippen molar-refractivity contribution in [3.8, 4) is 5.69 Å². The number of nitrogens with one attached hydrogen (secondary N) is 1. The van der Waals surface area contributed by atoms with Gasteiger partial charge in [-0.1, -0.05) is 18.5 Å². The lowest BCUT2D eigenvalue weighted by Crippen LogP contribution is -2.32. The minimum absolute atomic E-state index is 0.0131. The maximum atomic E-state index is 12.9. The van der Waals surface area contributed by atoms with Crippen LogP contribution in [0.2, 0.25) is 5.02 Å². The first-order valence-electron chi connectivity index (χ1n) is 8.82. The highest BCUT2D eigenvalue weighted by atomic mass is 35.5. The van der Waals surface area contributed by atoms with Crippen LogP contribution in [0.5, 0.6) is 0 Å². The van der Waals surface area contributed by atoms with E-state index in [9.17, 15) is 4.79 Å². The maximum Gasteiger partial charge on any atom is 0.255 e. The van der Waals surface area contributed by atoms with Crippen molar-refractivity contribution in [1.82, 2.24) is 20.0 Å². The Morgan fingerprint density at radius 3 is 2.56 bits per heavy atom. The minimum Gasteiger partial charge on any atom is -0.351 e. The van der Waals surface area contributed by atoms with E-state index in [-0.39, 0.29) is 5.91 Å². The van der Waals surface area contributed by atoms with Crippen LogP contribution in [0.4, 0.5) is 0 Å². The van der Waals surface area contributed by atoms with Crippen LogP contribution >= 0.6 is 11.6 Å². The SMILES string of the molecule is CCc1c(C(=O)NCCN(C)C)c(C2CC2)nn1-c1ccc(Cl)cc1. The fourth-order valence-electron chi connectivity index (χ4n) is 2.97. The Labute approximate surface area is 154 Å². The molecule has 134 valence electrons. The number of nitrogens with zero attached hydrogens (tertiary/aromatic N) is 3. The summed E-state index contributed by atoms with van der Waals surface area (Å²) in [6, 6.07) is 7.59. The lowest BCUT2D eigenvalue weighted by Gasteiger charge is -2.11. The van der Waals surface area contributed by atoms with E-state index in [0.29, 0.717) is 17.5 Å². The predicted molar refractivity (Wildman–Crippen MR) is 101 cm³/mol. The van der Waals surface area contributed by atoms with Crippen molar-refractivity contribution >= 4 is 17.5 Å². The lowest BCUT2D eigenvalue weighted by molar-refractivity contribution is 0.0949. The molecule has 3 rings (SSSR count). The van der Waals surface area contributed by atoms with Crippen molar-refractivity contribution in [2.24, 2.45) is 0 Å². The fraction of sp³-hybridized carbons (Fsp3) is 0.474. The first-order chi connectivity index (χ1) is 12.0. The Balaban J connectivity index is 1.95. The number of likely N-dealkylation sites (N-methyl/N-ethyl adjacent to an activating group) is 1. The fourth-order valence-corrected chi connectivity index (χ4v) is 3.09. The summed E-state index contributed by atoms with van der Waals surface area (Å²) in [6.45, 7) is 3.51. The van der Waals surface area contributed by atoms with Gasteiger partial charge in [-0.05, 0) is 57.6 Å². The van der Waals surface area contributed by atoms with Gasteiger partial charge in [-0.3, -0.25) is 4.79 Å². The van der Waals surface area contributed by atoms with Crippen molar-refractivity contribution in [3.63, 3.8) is 0 Å². The van der Waals surface area contributed by atoms with Gasteiger partial charge in [0.15, 0.2) is 0 Å². The third kappa shape index (κ3) is 4.05. The zero-order valence-electron chi connectivity index (χ0n) is 15.1. The van der Waals surface area contributed by atoms with E-state index >= 15 is 0 Å². The number of carbonyl (C=O) groups is 1. The second-order valence-electron chi connectivity index (χ2n) is 6.78. The van der Waals surface area contributed by atoms with Gasteiger partial charge in [-0.15, -0.1) is 0 Å². The molecule has 1 aliphatic carbocycles. The average molecular weight is 361 g/mol. The second kappa shape index (κ2) is 7.58. The first-order valence-corrected chi connectivity index (χ1v) is 9.19. The van der Waals surface area contributed by atoms with Gasteiger partial charge >= 0.3 is 0 Å². The Hall–Kier alpha value is -1.85. The van der Waals surface area contributed by atoms with E-state index < -0.39 is 0 Å². The molecule has 6 heteroatoms. The van der Waals surface area contributed by atoms with Crippen LogP contribution in [0, 0.1) is 0 Å². The normalized spacial score (nSPS) is 14.1. The molecule has 0 spiro atoms. The molecule has 1 aromatic heterocycles. The summed E-state index contributed by atoms with van der Waals surface area (Å²) in [5.41, 5.74) is 3.61. The molecule has 1 amide bonds. The number of amides is 1.